The largest absolute Gasteiger partial charge is 0.333 e. The van der Waals surface area contributed by atoms with Gasteiger partial charge in [0.2, 0.25) is 0 Å². The predicted octanol–water partition coefficient (Wildman–Crippen LogP) is 1.96. The van der Waals surface area contributed by atoms with Gasteiger partial charge in [0.05, 0.1) is 11.5 Å². The van der Waals surface area contributed by atoms with Gasteiger partial charge in [0.1, 0.15) is 0 Å². The summed E-state index contributed by atoms with van der Waals surface area (Å²) in [6.45, 7) is 2.14. The summed E-state index contributed by atoms with van der Waals surface area (Å²) in [4.78, 5) is 14.8. The molecule has 16 heavy (non-hydrogen) atoms. The second-order valence-electron chi connectivity index (χ2n) is 3.00. The molecule has 0 aliphatic rings. The number of rotatable bonds is 4. The number of hydrogen-bond acceptors (Lipinski definition) is 7. The second kappa shape index (κ2) is 4.27. The standard InChI is InChI=1S/C8H8N4O3S/c1-5-10-8(15-11-5)9-4-6-2-3-7(16-6)12(13)14/h2-3H,4H2,1H3,(H,9,10,11). The summed E-state index contributed by atoms with van der Waals surface area (Å²) in [5.74, 6) is 0.541. The van der Waals surface area contributed by atoms with Crippen LogP contribution in [-0.4, -0.2) is 15.1 Å². The number of nitro groups is 1. The van der Waals surface area contributed by atoms with E-state index < -0.39 is 4.92 Å². The summed E-state index contributed by atoms with van der Waals surface area (Å²) >= 11 is 1.12. The predicted molar refractivity (Wildman–Crippen MR) is 57.3 cm³/mol. The van der Waals surface area contributed by atoms with Crippen LogP contribution in [0.3, 0.4) is 0 Å². The van der Waals surface area contributed by atoms with Crippen molar-refractivity contribution in [2.24, 2.45) is 0 Å². The van der Waals surface area contributed by atoms with Gasteiger partial charge in [-0.15, -0.1) is 0 Å². The van der Waals surface area contributed by atoms with E-state index in [0.717, 1.165) is 16.2 Å². The van der Waals surface area contributed by atoms with E-state index in [-0.39, 0.29) is 5.00 Å². The average Bonchev–Trinajstić information content (AvgIpc) is 2.83. The van der Waals surface area contributed by atoms with Crippen LogP contribution in [0.2, 0.25) is 0 Å². The molecule has 0 amide bonds. The molecule has 0 aliphatic heterocycles. The maximum atomic E-state index is 10.4. The van der Waals surface area contributed by atoms with Gasteiger partial charge in [-0.3, -0.25) is 10.1 Å². The zero-order valence-electron chi connectivity index (χ0n) is 8.34. The molecule has 84 valence electrons. The molecule has 2 aromatic heterocycles. The molecule has 2 rings (SSSR count). The summed E-state index contributed by atoms with van der Waals surface area (Å²) in [5, 5.41) is 17.1. The van der Waals surface area contributed by atoms with E-state index in [2.05, 4.69) is 15.5 Å². The quantitative estimate of drug-likeness (QED) is 0.648. The molecule has 0 atom stereocenters. The van der Waals surface area contributed by atoms with Gasteiger partial charge < -0.3 is 9.84 Å². The molecular weight excluding hydrogens is 232 g/mol. The lowest BCUT2D eigenvalue weighted by Crippen LogP contribution is -1.97. The van der Waals surface area contributed by atoms with Crippen molar-refractivity contribution < 1.29 is 9.45 Å². The first-order chi connectivity index (χ1) is 7.65. The molecule has 7 nitrogen and oxygen atoms in total. The van der Waals surface area contributed by atoms with Gasteiger partial charge in [-0.05, 0) is 13.0 Å². The number of aromatic nitrogens is 2. The number of hydrogen-bond donors (Lipinski definition) is 1. The zero-order chi connectivity index (χ0) is 11.5. The van der Waals surface area contributed by atoms with Gasteiger partial charge in [0.15, 0.2) is 5.82 Å². The Morgan fingerprint density at radius 2 is 2.44 bits per heavy atom. The van der Waals surface area contributed by atoms with Crippen molar-refractivity contribution in [2.75, 3.05) is 5.32 Å². The molecule has 0 bridgehead atoms. The van der Waals surface area contributed by atoms with E-state index in [9.17, 15) is 10.1 Å². The summed E-state index contributed by atoms with van der Waals surface area (Å²) < 4.78 is 4.84. The maximum Gasteiger partial charge on any atom is 0.324 e. The van der Waals surface area contributed by atoms with E-state index in [1.807, 2.05) is 0 Å². The Labute approximate surface area is 94.2 Å². The highest BCUT2D eigenvalue weighted by Gasteiger charge is 2.10. The highest BCUT2D eigenvalue weighted by Crippen LogP contribution is 2.24. The third kappa shape index (κ3) is 2.34. The SMILES string of the molecule is Cc1noc(NCc2ccc([N+](=O)[O-])s2)n1. The Kier molecular flexibility index (Phi) is 2.82. The number of nitrogens with one attached hydrogen (secondary N) is 1. The minimum atomic E-state index is -0.412. The first-order valence-electron chi connectivity index (χ1n) is 4.42. The Morgan fingerprint density at radius 1 is 1.62 bits per heavy atom. The minimum absolute atomic E-state index is 0.124. The normalized spacial score (nSPS) is 10.3. The van der Waals surface area contributed by atoms with Gasteiger partial charge in [-0.2, -0.15) is 4.98 Å². The molecule has 0 unspecified atom stereocenters. The maximum absolute atomic E-state index is 10.4. The fourth-order valence-electron chi connectivity index (χ4n) is 1.09. The zero-order valence-corrected chi connectivity index (χ0v) is 9.15. The van der Waals surface area contributed by atoms with Crippen LogP contribution >= 0.6 is 11.3 Å². The van der Waals surface area contributed by atoms with Crippen LogP contribution in [0.15, 0.2) is 16.7 Å². The van der Waals surface area contributed by atoms with Gasteiger partial charge in [-0.25, -0.2) is 0 Å². The Morgan fingerprint density at radius 3 is 3.00 bits per heavy atom. The summed E-state index contributed by atoms with van der Waals surface area (Å²) in [6.07, 6.45) is 0. The average molecular weight is 240 g/mol. The Bertz CT molecular complexity index is 507. The summed E-state index contributed by atoms with van der Waals surface area (Å²) in [7, 11) is 0. The molecule has 0 radical (unpaired) electrons. The van der Waals surface area contributed by atoms with E-state index >= 15 is 0 Å². The molecule has 0 saturated carbocycles. The number of anilines is 1. The molecule has 2 aromatic rings. The molecule has 0 spiro atoms. The van der Waals surface area contributed by atoms with Crippen molar-refractivity contribution in [1.82, 2.24) is 10.1 Å². The molecule has 1 N–H and O–H groups in total. The van der Waals surface area contributed by atoms with Gasteiger partial charge in [0, 0.05) is 10.9 Å². The van der Waals surface area contributed by atoms with Crippen molar-refractivity contribution in [2.45, 2.75) is 13.5 Å². The highest BCUT2D eigenvalue weighted by atomic mass is 32.1. The van der Waals surface area contributed by atoms with E-state index in [1.165, 1.54) is 6.07 Å². The lowest BCUT2D eigenvalue weighted by molar-refractivity contribution is -0.380. The van der Waals surface area contributed by atoms with Crippen LogP contribution in [0.5, 0.6) is 0 Å². The summed E-state index contributed by atoms with van der Waals surface area (Å²) in [6, 6.07) is 3.48. The van der Waals surface area contributed by atoms with Crippen molar-refractivity contribution in [3.63, 3.8) is 0 Å². The third-order valence-corrected chi connectivity index (χ3v) is 2.81. The monoisotopic (exact) mass is 240 g/mol. The van der Waals surface area contributed by atoms with Crippen molar-refractivity contribution in [3.05, 3.63) is 32.9 Å². The molecule has 2 heterocycles. The third-order valence-electron chi connectivity index (χ3n) is 1.77. The molecule has 0 saturated heterocycles. The van der Waals surface area contributed by atoms with E-state index in [0.29, 0.717) is 18.4 Å². The number of aryl methyl sites for hydroxylation is 1. The highest BCUT2D eigenvalue weighted by molar-refractivity contribution is 7.15. The van der Waals surface area contributed by atoms with E-state index in [4.69, 9.17) is 4.52 Å². The smallest absolute Gasteiger partial charge is 0.324 e. The van der Waals surface area contributed by atoms with Crippen LogP contribution < -0.4 is 5.32 Å². The summed E-state index contributed by atoms with van der Waals surface area (Å²) in [5.41, 5.74) is 0. The fourth-order valence-corrected chi connectivity index (χ4v) is 1.85. The second-order valence-corrected chi connectivity index (χ2v) is 4.14. The molecule has 0 aliphatic carbocycles. The molecular formula is C8H8N4O3S. The van der Waals surface area contributed by atoms with Crippen LogP contribution in [0.4, 0.5) is 11.0 Å². The molecule has 8 heteroatoms. The van der Waals surface area contributed by atoms with Crippen LogP contribution in [0, 0.1) is 17.0 Å². The van der Waals surface area contributed by atoms with Crippen molar-refractivity contribution in [3.8, 4) is 0 Å². The minimum Gasteiger partial charge on any atom is -0.333 e. The first-order valence-corrected chi connectivity index (χ1v) is 5.24. The topological polar surface area (TPSA) is 94.1 Å². The van der Waals surface area contributed by atoms with Gasteiger partial charge >= 0.3 is 11.0 Å². The molecule has 0 fully saturated rings. The first kappa shape index (κ1) is 10.6. The van der Waals surface area contributed by atoms with Gasteiger partial charge in [-0.1, -0.05) is 16.5 Å². The number of thiophene rings is 1. The number of nitrogens with zero attached hydrogens (tertiary/aromatic N) is 3. The van der Waals surface area contributed by atoms with Crippen LogP contribution in [0.1, 0.15) is 10.7 Å². The molecule has 0 aromatic carbocycles. The lowest BCUT2D eigenvalue weighted by atomic mass is 10.4. The lowest BCUT2D eigenvalue weighted by Gasteiger charge is -1.95. The Balaban J connectivity index is 1.97. The van der Waals surface area contributed by atoms with E-state index in [1.54, 1.807) is 13.0 Å². The fraction of sp³-hybridized carbons (Fsp3) is 0.250. The van der Waals surface area contributed by atoms with Crippen LogP contribution in [-0.2, 0) is 6.54 Å². The van der Waals surface area contributed by atoms with Crippen molar-refractivity contribution >= 4 is 22.4 Å². The van der Waals surface area contributed by atoms with Crippen LogP contribution in [0.25, 0.3) is 0 Å². The Hall–Kier alpha value is -1.96. The van der Waals surface area contributed by atoms with Gasteiger partial charge in [0.25, 0.3) is 0 Å². The van der Waals surface area contributed by atoms with Crippen molar-refractivity contribution in [1.29, 1.82) is 0 Å².